The number of amides is 2. The summed E-state index contributed by atoms with van der Waals surface area (Å²) in [5, 5.41) is 16.0. The number of nitrogens with zero attached hydrogens (tertiary/aromatic N) is 4. The molecule has 0 spiro atoms. The first-order valence-corrected chi connectivity index (χ1v) is 12.4. The van der Waals surface area contributed by atoms with Crippen LogP contribution in [0.4, 0.5) is 41.2 Å². The Hall–Kier alpha value is -3.83. The number of anilines is 4. The number of carbonyl (C=O) groups excluding carboxylic acids is 1. The average Bonchev–Trinajstić information content (AvgIpc) is 3.62. The molecule has 196 valence electrons. The zero-order valence-electron chi connectivity index (χ0n) is 20.3. The quantitative estimate of drug-likeness (QED) is 0.336. The van der Waals surface area contributed by atoms with Gasteiger partial charge in [-0.15, -0.1) is 0 Å². The molecule has 37 heavy (non-hydrogen) atoms. The molecule has 0 bridgehead atoms. The van der Waals surface area contributed by atoms with Crippen molar-refractivity contribution in [3.05, 3.63) is 53.9 Å². The zero-order valence-corrected chi connectivity index (χ0v) is 20.3. The van der Waals surface area contributed by atoms with Crippen molar-refractivity contribution in [2.45, 2.75) is 62.7 Å². The Morgan fingerprint density at radius 1 is 1.05 bits per heavy atom. The summed E-state index contributed by atoms with van der Waals surface area (Å²) in [6.07, 6.45) is 2.74. The van der Waals surface area contributed by atoms with Gasteiger partial charge in [0.2, 0.25) is 5.95 Å². The molecule has 0 radical (unpaired) electrons. The molecule has 2 saturated carbocycles. The highest BCUT2D eigenvalue weighted by molar-refractivity contribution is 5.89. The number of halogens is 3. The smallest absolute Gasteiger partial charge is 0.341 e. The molecule has 0 atom stereocenters. The lowest BCUT2D eigenvalue weighted by Gasteiger charge is -2.35. The Labute approximate surface area is 212 Å². The fourth-order valence-corrected chi connectivity index (χ4v) is 4.62. The lowest BCUT2D eigenvalue weighted by molar-refractivity contribution is -0.137. The minimum Gasteiger partial charge on any atom is -0.341 e. The van der Waals surface area contributed by atoms with Crippen molar-refractivity contribution >= 4 is 29.3 Å². The molecule has 4 N–H and O–H groups in total. The number of aromatic amines is 1. The lowest BCUT2D eigenvalue weighted by atomic mass is 9.90. The highest BCUT2D eigenvalue weighted by atomic mass is 19.4. The van der Waals surface area contributed by atoms with Crippen LogP contribution in [0.5, 0.6) is 0 Å². The van der Waals surface area contributed by atoms with Gasteiger partial charge in [0.1, 0.15) is 5.82 Å². The SMILES string of the molecule is CN(c1nccc(Nc2cc(C3CC3)[nH]n2)n1)C1CCC(NC(=O)Nc2cccc(C(F)(F)F)c2)CC1. The maximum atomic E-state index is 12.9. The predicted molar refractivity (Wildman–Crippen MR) is 134 cm³/mol. The molecule has 2 heterocycles. The van der Waals surface area contributed by atoms with Gasteiger partial charge in [-0.05, 0) is 62.8 Å². The Balaban J connectivity index is 1.11. The van der Waals surface area contributed by atoms with E-state index in [4.69, 9.17) is 0 Å². The first-order valence-electron chi connectivity index (χ1n) is 12.4. The van der Waals surface area contributed by atoms with Crippen molar-refractivity contribution in [3.8, 4) is 0 Å². The fraction of sp³-hybridized carbons (Fsp3) is 0.440. The minimum absolute atomic E-state index is 0.0651. The van der Waals surface area contributed by atoms with Gasteiger partial charge < -0.3 is 20.9 Å². The van der Waals surface area contributed by atoms with Crippen molar-refractivity contribution in [1.29, 1.82) is 0 Å². The first kappa shape index (κ1) is 24.8. The van der Waals surface area contributed by atoms with E-state index in [1.54, 1.807) is 12.3 Å². The van der Waals surface area contributed by atoms with E-state index < -0.39 is 17.8 Å². The van der Waals surface area contributed by atoms with Crippen LogP contribution in [0.1, 0.15) is 55.7 Å². The Kier molecular flexibility index (Phi) is 6.90. The van der Waals surface area contributed by atoms with E-state index >= 15 is 0 Å². The fourth-order valence-electron chi connectivity index (χ4n) is 4.62. The third-order valence-electron chi connectivity index (χ3n) is 6.86. The van der Waals surface area contributed by atoms with Gasteiger partial charge in [0.25, 0.3) is 0 Å². The number of benzene rings is 1. The molecule has 2 amide bonds. The number of nitrogens with one attached hydrogen (secondary N) is 4. The number of carbonyl (C=O) groups is 1. The summed E-state index contributed by atoms with van der Waals surface area (Å²) in [7, 11) is 1.96. The molecule has 2 aliphatic carbocycles. The monoisotopic (exact) mass is 514 g/mol. The second kappa shape index (κ2) is 10.3. The number of urea groups is 1. The van der Waals surface area contributed by atoms with E-state index in [1.807, 2.05) is 18.0 Å². The van der Waals surface area contributed by atoms with Gasteiger partial charge in [0, 0.05) is 48.7 Å². The van der Waals surface area contributed by atoms with Crippen molar-refractivity contribution < 1.29 is 18.0 Å². The maximum Gasteiger partial charge on any atom is 0.416 e. The standard InChI is InChI=1S/C25H29F3N8O/c1-36(23-29-12-11-21(33-23)32-22-14-20(34-35-22)15-5-6-15)19-9-7-17(8-10-19)30-24(37)31-18-4-2-3-16(13-18)25(26,27)28/h2-4,11-15,17,19H,5-10H2,1H3,(H2,30,31,37)(H2,29,32,33,34,35). The van der Waals surface area contributed by atoms with Crippen LogP contribution in [0.3, 0.4) is 0 Å². The van der Waals surface area contributed by atoms with Gasteiger partial charge in [-0.2, -0.15) is 23.3 Å². The van der Waals surface area contributed by atoms with Gasteiger partial charge in [0.15, 0.2) is 5.82 Å². The van der Waals surface area contributed by atoms with Crippen LogP contribution in [0.25, 0.3) is 0 Å². The average molecular weight is 515 g/mol. The Bertz CT molecular complexity index is 1230. The van der Waals surface area contributed by atoms with Crippen LogP contribution in [-0.2, 0) is 6.18 Å². The van der Waals surface area contributed by atoms with Crippen molar-refractivity contribution in [2.24, 2.45) is 0 Å². The van der Waals surface area contributed by atoms with E-state index in [0.29, 0.717) is 17.7 Å². The van der Waals surface area contributed by atoms with Gasteiger partial charge in [-0.1, -0.05) is 6.07 Å². The number of alkyl halides is 3. The summed E-state index contributed by atoms with van der Waals surface area (Å²) in [6, 6.07) is 8.03. The molecule has 0 unspecified atom stereocenters. The summed E-state index contributed by atoms with van der Waals surface area (Å²) in [4.78, 5) is 23.5. The van der Waals surface area contributed by atoms with Crippen molar-refractivity contribution in [1.82, 2.24) is 25.5 Å². The maximum absolute atomic E-state index is 12.9. The lowest BCUT2D eigenvalue weighted by Crippen LogP contribution is -2.44. The normalized spacial score (nSPS) is 19.8. The first-order chi connectivity index (χ1) is 17.7. The van der Waals surface area contributed by atoms with E-state index in [0.717, 1.165) is 49.3 Å². The topological polar surface area (TPSA) is 111 Å². The summed E-state index contributed by atoms with van der Waals surface area (Å²) < 4.78 is 38.7. The largest absolute Gasteiger partial charge is 0.416 e. The summed E-state index contributed by atoms with van der Waals surface area (Å²) in [5.41, 5.74) is 0.440. The number of hydrogen-bond acceptors (Lipinski definition) is 6. The molecule has 5 rings (SSSR count). The predicted octanol–water partition coefficient (Wildman–Crippen LogP) is 5.41. The molecule has 2 fully saturated rings. The van der Waals surface area contributed by atoms with Crippen LogP contribution in [0, 0.1) is 0 Å². The van der Waals surface area contributed by atoms with Gasteiger partial charge >= 0.3 is 12.2 Å². The van der Waals surface area contributed by atoms with Crippen LogP contribution in [-0.4, -0.2) is 45.3 Å². The molecular weight excluding hydrogens is 485 g/mol. The van der Waals surface area contributed by atoms with Gasteiger partial charge in [0.05, 0.1) is 5.56 Å². The molecular formula is C25H29F3N8O. The molecule has 1 aromatic carbocycles. The van der Waals surface area contributed by atoms with Crippen LogP contribution in [0.2, 0.25) is 0 Å². The van der Waals surface area contributed by atoms with E-state index in [9.17, 15) is 18.0 Å². The van der Waals surface area contributed by atoms with E-state index in [2.05, 4.69) is 36.1 Å². The van der Waals surface area contributed by atoms with E-state index in [1.165, 1.54) is 25.0 Å². The number of H-pyrrole nitrogens is 1. The second-order valence-electron chi connectivity index (χ2n) is 9.64. The zero-order chi connectivity index (χ0) is 26.0. The summed E-state index contributed by atoms with van der Waals surface area (Å²) >= 11 is 0. The highest BCUT2D eigenvalue weighted by Crippen LogP contribution is 2.39. The van der Waals surface area contributed by atoms with Crippen LogP contribution in [0.15, 0.2) is 42.6 Å². The van der Waals surface area contributed by atoms with Gasteiger partial charge in [-0.3, -0.25) is 5.10 Å². The molecule has 9 nitrogen and oxygen atoms in total. The van der Waals surface area contributed by atoms with Crippen LogP contribution < -0.4 is 20.9 Å². The summed E-state index contributed by atoms with van der Waals surface area (Å²) in [5.74, 6) is 2.57. The summed E-state index contributed by atoms with van der Waals surface area (Å²) in [6.45, 7) is 0. The number of rotatable bonds is 7. The van der Waals surface area contributed by atoms with Crippen molar-refractivity contribution in [2.75, 3.05) is 22.6 Å². The van der Waals surface area contributed by atoms with Crippen LogP contribution >= 0.6 is 0 Å². The van der Waals surface area contributed by atoms with Gasteiger partial charge in [-0.25, -0.2) is 9.78 Å². The molecule has 2 aliphatic rings. The second-order valence-corrected chi connectivity index (χ2v) is 9.64. The Morgan fingerprint density at radius 2 is 1.84 bits per heavy atom. The van der Waals surface area contributed by atoms with Crippen molar-refractivity contribution in [3.63, 3.8) is 0 Å². The molecule has 12 heteroatoms. The van der Waals surface area contributed by atoms with E-state index in [-0.39, 0.29) is 17.8 Å². The molecule has 0 saturated heterocycles. The third-order valence-corrected chi connectivity index (χ3v) is 6.86. The Morgan fingerprint density at radius 3 is 2.57 bits per heavy atom. The molecule has 0 aliphatic heterocycles. The number of hydrogen-bond donors (Lipinski definition) is 4. The highest BCUT2D eigenvalue weighted by Gasteiger charge is 2.31. The third kappa shape index (κ3) is 6.30. The molecule has 3 aromatic rings. The number of aromatic nitrogens is 4. The minimum atomic E-state index is -4.46. The molecule has 2 aromatic heterocycles.